The molecule has 0 aromatic carbocycles. The van der Waals surface area contributed by atoms with Crippen molar-refractivity contribution in [2.45, 2.75) is 31.1 Å². The second-order valence-corrected chi connectivity index (χ2v) is 9.08. The molecule has 1 aliphatic rings. The van der Waals surface area contributed by atoms with Gasteiger partial charge in [0.1, 0.15) is 9.77 Å². The predicted molar refractivity (Wildman–Crippen MR) is 80.8 cm³/mol. The third-order valence-corrected chi connectivity index (χ3v) is 7.70. The van der Waals surface area contributed by atoms with Crippen molar-refractivity contribution in [2.75, 3.05) is 13.1 Å². The van der Waals surface area contributed by atoms with Crippen LogP contribution in [0.15, 0.2) is 14.7 Å². The Morgan fingerprint density at radius 3 is 2.60 bits per heavy atom. The molecule has 1 aliphatic carbocycles. The summed E-state index contributed by atoms with van der Waals surface area (Å²) in [5.74, 6) is -0.680. The average molecular weight is 382 g/mol. The first-order valence-corrected chi connectivity index (χ1v) is 9.44. The van der Waals surface area contributed by atoms with Crippen molar-refractivity contribution < 1.29 is 18.3 Å². The quantitative estimate of drug-likeness (QED) is 0.821. The molecule has 2 rings (SSSR count). The van der Waals surface area contributed by atoms with Gasteiger partial charge in [-0.25, -0.2) is 13.2 Å². The molecule has 112 valence electrons. The van der Waals surface area contributed by atoms with Crippen molar-refractivity contribution in [1.29, 1.82) is 0 Å². The highest BCUT2D eigenvalue weighted by molar-refractivity contribution is 9.11. The highest BCUT2D eigenvalue weighted by Gasteiger charge is 2.31. The van der Waals surface area contributed by atoms with Crippen molar-refractivity contribution in [2.24, 2.45) is 5.92 Å². The molecule has 1 N–H and O–H groups in total. The van der Waals surface area contributed by atoms with Crippen LogP contribution in [0.2, 0.25) is 0 Å². The van der Waals surface area contributed by atoms with Gasteiger partial charge in [-0.1, -0.05) is 13.3 Å². The molecule has 0 spiro atoms. The molecule has 1 saturated carbocycles. The summed E-state index contributed by atoms with van der Waals surface area (Å²) >= 11 is 4.09. The molecule has 8 heteroatoms. The summed E-state index contributed by atoms with van der Waals surface area (Å²) in [4.78, 5) is 11.0. The molecular formula is C12H16BrNO4S2. The van der Waals surface area contributed by atoms with Crippen LogP contribution in [-0.2, 0) is 10.0 Å². The first-order chi connectivity index (χ1) is 9.36. The maximum atomic E-state index is 12.6. The first-order valence-electron chi connectivity index (χ1n) is 6.39. The minimum Gasteiger partial charge on any atom is -0.477 e. The van der Waals surface area contributed by atoms with E-state index in [-0.39, 0.29) is 9.77 Å². The van der Waals surface area contributed by atoms with Gasteiger partial charge in [-0.2, -0.15) is 4.31 Å². The van der Waals surface area contributed by atoms with E-state index in [9.17, 15) is 13.2 Å². The van der Waals surface area contributed by atoms with E-state index in [0.29, 0.717) is 22.8 Å². The number of carboxylic acid groups (broad SMARTS) is 1. The maximum absolute atomic E-state index is 12.6. The number of carbonyl (C=O) groups is 1. The second-order valence-electron chi connectivity index (χ2n) is 4.81. The lowest BCUT2D eigenvalue weighted by Crippen LogP contribution is -2.37. The van der Waals surface area contributed by atoms with E-state index in [0.717, 1.165) is 30.6 Å². The fourth-order valence-electron chi connectivity index (χ4n) is 2.13. The molecule has 1 fully saturated rings. The second kappa shape index (κ2) is 6.13. The molecule has 1 aromatic rings. The van der Waals surface area contributed by atoms with Crippen molar-refractivity contribution in [1.82, 2.24) is 4.31 Å². The SMILES string of the molecule is CCN(CC1CCC1)S(=O)(=O)c1cc(C(=O)O)sc1Br. The fourth-order valence-corrected chi connectivity index (χ4v) is 6.01. The Labute approximate surface area is 130 Å². The van der Waals surface area contributed by atoms with Crippen LogP contribution in [0.4, 0.5) is 0 Å². The highest BCUT2D eigenvalue weighted by atomic mass is 79.9. The molecule has 1 heterocycles. The van der Waals surface area contributed by atoms with Crippen LogP contribution < -0.4 is 0 Å². The van der Waals surface area contributed by atoms with Crippen LogP contribution in [-0.4, -0.2) is 36.9 Å². The molecule has 0 atom stereocenters. The van der Waals surface area contributed by atoms with E-state index in [4.69, 9.17) is 5.11 Å². The number of hydrogen-bond acceptors (Lipinski definition) is 4. The van der Waals surface area contributed by atoms with Gasteiger partial charge in [-0.05, 0) is 40.8 Å². The molecule has 20 heavy (non-hydrogen) atoms. The fraction of sp³-hybridized carbons (Fsp3) is 0.583. The van der Waals surface area contributed by atoms with Crippen molar-refractivity contribution in [3.8, 4) is 0 Å². The maximum Gasteiger partial charge on any atom is 0.345 e. The minimum absolute atomic E-state index is 0.0233. The van der Waals surface area contributed by atoms with Crippen LogP contribution in [0, 0.1) is 5.92 Å². The summed E-state index contributed by atoms with van der Waals surface area (Å²) in [5, 5.41) is 8.96. The zero-order valence-electron chi connectivity index (χ0n) is 11.0. The molecule has 0 aliphatic heterocycles. The molecular weight excluding hydrogens is 366 g/mol. The van der Waals surface area contributed by atoms with Crippen molar-refractivity contribution >= 4 is 43.3 Å². The number of halogens is 1. The van der Waals surface area contributed by atoms with Crippen molar-refractivity contribution in [3.05, 3.63) is 14.7 Å². The predicted octanol–water partition coefficient (Wildman–Crippen LogP) is 3.02. The Hall–Kier alpha value is -0.440. The number of aromatic carboxylic acids is 1. The highest BCUT2D eigenvalue weighted by Crippen LogP contribution is 2.35. The van der Waals surface area contributed by atoms with E-state index >= 15 is 0 Å². The van der Waals surface area contributed by atoms with Gasteiger partial charge in [0.2, 0.25) is 10.0 Å². The van der Waals surface area contributed by atoms with Gasteiger partial charge >= 0.3 is 5.97 Å². The van der Waals surface area contributed by atoms with E-state index < -0.39 is 16.0 Å². The van der Waals surface area contributed by atoms with Crippen LogP contribution in [0.25, 0.3) is 0 Å². The standard InChI is InChI=1S/C12H16BrNO4S2/c1-2-14(7-8-4-3-5-8)20(17,18)10-6-9(12(15)16)19-11(10)13/h6,8H,2-5,7H2,1H3,(H,15,16). The molecule has 1 aromatic heterocycles. The van der Waals surface area contributed by atoms with Crippen LogP contribution in [0.3, 0.4) is 0 Å². The van der Waals surface area contributed by atoms with Gasteiger partial charge in [0.25, 0.3) is 0 Å². The van der Waals surface area contributed by atoms with Gasteiger partial charge in [0.15, 0.2) is 0 Å². The van der Waals surface area contributed by atoms with E-state index in [1.54, 1.807) is 6.92 Å². The summed E-state index contributed by atoms with van der Waals surface area (Å²) in [6.07, 6.45) is 3.29. The molecule has 0 radical (unpaired) electrons. The Balaban J connectivity index is 2.29. The molecule has 0 unspecified atom stereocenters. The monoisotopic (exact) mass is 381 g/mol. The normalized spacial score (nSPS) is 16.4. The summed E-state index contributed by atoms with van der Waals surface area (Å²) in [7, 11) is -3.63. The molecule has 0 bridgehead atoms. The van der Waals surface area contributed by atoms with E-state index in [1.165, 1.54) is 10.4 Å². The number of rotatable bonds is 6. The number of hydrogen-bond donors (Lipinski definition) is 1. The number of thiophene rings is 1. The number of sulfonamides is 1. The van der Waals surface area contributed by atoms with Gasteiger partial charge in [-0.3, -0.25) is 0 Å². The van der Waals surface area contributed by atoms with E-state index in [2.05, 4.69) is 15.9 Å². The number of nitrogens with zero attached hydrogens (tertiary/aromatic N) is 1. The molecule has 0 saturated heterocycles. The van der Waals surface area contributed by atoms with Crippen molar-refractivity contribution in [3.63, 3.8) is 0 Å². The summed E-state index contributed by atoms with van der Waals surface area (Å²) < 4.78 is 27.0. The number of carboxylic acids is 1. The summed E-state index contributed by atoms with van der Waals surface area (Å²) in [6, 6.07) is 1.23. The van der Waals surface area contributed by atoms with Gasteiger partial charge < -0.3 is 5.11 Å². The Morgan fingerprint density at radius 1 is 1.55 bits per heavy atom. The van der Waals surface area contributed by atoms with Crippen LogP contribution in [0.1, 0.15) is 35.9 Å². The summed E-state index contributed by atoms with van der Waals surface area (Å²) in [5.41, 5.74) is 0. The first kappa shape index (κ1) is 15.9. The Kier molecular flexibility index (Phi) is 4.88. The van der Waals surface area contributed by atoms with Crippen LogP contribution >= 0.6 is 27.3 Å². The van der Waals surface area contributed by atoms with E-state index in [1.807, 2.05) is 0 Å². The Bertz CT molecular complexity index is 607. The van der Waals surface area contributed by atoms with Gasteiger partial charge in [0.05, 0.1) is 3.79 Å². The lowest BCUT2D eigenvalue weighted by molar-refractivity contribution is 0.0702. The zero-order valence-corrected chi connectivity index (χ0v) is 14.2. The minimum atomic E-state index is -3.63. The smallest absolute Gasteiger partial charge is 0.345 e. The Morgan fingerprint density at radius 2 is 2.20 bits per heavy atom. The molecule has 5 nitrogen and oxygen atoms in total. The lowest BCUT2D eigenvalue weighted by atomic mass is 9.85. The lowest BCUT2D eigenvalue weighted by Gasteiger charge is -2.31. The summed E-state index contributed by atoms with van der Waals surface area (Å²) in [6.45, 7) is 2.71. The third-order valence-electron chi connectivity index (χ3n) is 3.52. The van der Waals surface area contributed by atoms with Gasteiger partial charge in [-0.15, -0.1) is 11.3 Å². The topological polar surface area (TPSA) is 74.7 Å². The largest absolute Gasteiger partial charge is 0.477 e. The zero-order chi connectivity index (χ0) is 14.9. The average Bonchev–Trinajstić information content (AvgIpc) is 2.70. The van der Waals surface area contributed by atoms with Crippen LogP contribution in [0.5, 0.6) is 0 Å². The third kappa shape index (κ3) is 3.08. The molecule has 0 amide bonds. The van der Waals surface area contributed by atoms with Gasteiger partial charge in [0, 0.05) is 13.1 Å².